The van der Waals surface area contributed by atoms with Crippen molar-refractivity contribution in [3.05, 3.63) is 34.9 Å². The summed E-state index contributed by atoms with van der Waals surface area (Å²) in [5, 5.41) is 30.1. The van der Waals surface area contributed by atoms with Crippen molar-refractivity contribution in [3.8, 4) is 5.75 Å². The Hall–Kier alpha value is -2.72. The van der Waals surface area contributed by atoms with Crippen molar-refractivity contribution in [1.29, 1.82) is 0 Å². The fourth-order valence-electron chi connectivity index (χ4n) is 5.63. The van der Waals surface area contributed by atoms with Crippen LogP contribution < -0.4 is 15.6 Å². The van der Waals surface area contributed by atoms with Crippen molar-refractivity contribution >= 4 is 11.7 Å². The van der Waals surface area contributed by atoms with Gasteiger partial charge in [0.2, 0.25) is 0 Å². The van der Waals surface area contributed by atoms with Crippen LogP contribution in [0.1, 0.15) is 71.3 Å². The Kier molecular flexibility index (Phi) is 8.79. The average molecular weight is 502 g/mol. The van der Waals surface area contributed by atoms with Crippen LogP contribution in [0.3, 0.4) is 0 Å². The number of ether oxygens (including phenoxy) is 1. The largest absolute Gasteiger partial charge is 0.488 e. The molecule has 2 fully saturated rings. The maximum Gasteiger partial charge on any atom is 0.271 e. The second kappa shape index (κ2) is 12.0. The minimum absolute atomic E-state index is 0.0489. The highest BCUT2D eigenvalue weighted by Crippen LogP contribution is 2.33. The highest BCUT2D eigenvalue weighted by atomic mass is 16.5. The lowest BCUT2D eigenvalue weighted by Crippen LogP contribution is -2.37. The Bertz CT molecular complexity index is 1050. The number of hydrogen-bond donors (Lipinski definition) is 3. The molecule has 10 heteroatoms. The lowest BCUT2D eigenvalue weighted by Gasteiger charge is -2.34. The number of aliphatic hydroxyl groups is 2. The van der Waals surface area contributed by atoms with Crippen molar-refractivity contribution in [2.75, 3.05) is 11.9 Å². The van der Waals surface area contributed by atoms with Crippen molar-refractivity contribution < 1.29 is 19.7 Å². The Morgan fingerprint density at radius 1 is 1.19 bits per heavy atom. The number of hydrogen-bond acceptors (Lipinski definition) is 7. The highest BCUT2D eigenvalue weighted by Gasteiger charge is 2.31. The summed E-state index contributed by atoms with van der Waals surface area (Å²) < 4.78 is 8.92. The summed E-state index contributed by atoms with van der Waals surface area (Å²) in [6.07, 6.45) is 10.5. The zero-order chi connectivity index (χ0) is 25.7. The molecule has 4 rings (SSSR count). The van der Waals surface area contributed by atoms with E-state index in [9.17, 15) is 14.7 Å². The molecule has 1 amide bonds. The van der Waals surface area contributed by atoms with Gasteiger partial charge in [0.25, 0.3) is 11.5 Å². The molecule has 2 aromatic rings. The molecule has 2 aromatic heterocycles. The number of carbonyl (C=O) groups excluding carboxylic acids is 1. The Morgan fingerprint density at radius 2 is 1.92 bits per heavy atom. The molecule has 2 heterocycles. The maximum atomic E-state index is 13.3. The van der Waals surface area contributed by atoms with Gasteiger partial charge in [0.05, 0.1) is 25.5 Å². The fourth-order valence-corrected chi connectivity index (χ4v) is 5.63. The molecule has 2 saturated carbocycles. The van der Waals surface area contributed by atoms with Gasteiger partial charge in [-0.2, -0.15) is 10.2 Å². The number of anilines is 1. The number of nitrogens with one attached hydrogen (secondary N) is 1. The number of nitrogens with zero attached hydrogens (tertiary/aromatic N) is 4. The molecule has 0 spiro atoms. The molecule has 0 aromatic carbocycles. The predicted molar refractivity (Wildman–Crippen MR) is 135 cm³/mol. The second-order valence-electron chi connectivity index (χ2n) is 10.6. The van der Waals surface area contributed by atoms with E-state index in [1.54, 1.807) is 18.5 Å². The van der Waals surface area contributed by atoms with Crippen molar-refractivity contribution in [2.24, 2.45) is 17.8 Å². The van der Waals surface area contributed by atoms with Crippen molar-refractivity contribution in [1.82, 2.24) is 19.6 Å². The highest BCUT2D eigenvalue weighted by molar-refractivity contribution is 5.92. The topological polar surface area (TPSA) is 132 Å². The van der Waals surface area contributed by atoms with E-state index in [1.807, 2.05) is 0 Å². The van der Waals surface area contributed by atoms with Gasteiger partial charge in [0, 0.05) is 18.3 Å². The first-order chi connectivity index (χ1) is 17.3. The molecule has 0 aliphatic heterocycles. The molecule has 10 nitrogen and oxygen atoms in total. The third-order valence-corrected chi connectivity index (χ3v) is 7.64. The van der Waals surface area contributed by atoms with E-state index in [0.29, 0.717) is 35.7 Å². The number of aromatic nitrogens is 4. The van der Waals surface area contributed by atoms with Gasteiger partial charge in [0.1, 0.15) is 17.9 Å². The quantitative estimate of drug-likeness (QED) is 0.456. The Labute approximate surface area is 211 Å². The van der Waals surface area contributed by atoms with Gasteiger partial charge in [-0.1, -0.05) is 46.0 Å². The molecule has 0 bridgehead atoms. The zero-order valence-electron chi connectivity index (χ0n) is 21.3. The van der Waals surface area contributed by atoms with E-state index in [2.05, 4.69) is 29.4 Å². The molecule has 4 unspecified atom stereocenters. The predicted octanol–water partition coefficient (Wildman–Crippen LogP) is 2.76. The summed E-state index contributed by atoms with van der Waals surface area (Å²) in [5.41, 5.74) is -0.363. The van der Waals surface area contributed by atoms with Gasteiger partial charge in [0.15, 0.2) is 5.82 Å². The maximum absolute atomic E-state index is 13.3. The van der Waals surface area contributed by atoms with Crippen molar-refractivity contribution in [3.63, 3.8) is 0 Å². The smallest absolute Gasteiger partial charge is 0.271 e. The van der Waals surface area contributed by atoms with E-state index in [4.69, 9.17) is 9.84 Å². The SMILES string of the molecule is CC1CCCC(C)C1Oc1cnn(C(CC2CCCC2)C(=O)Nc2ccn(CC(O)CO)n2)c(=O)c1. The first kappa shape index (κ1) is 26.3. The van der Waals surface area contributed by atoms with Crippen LogP contribution in [0.4, 0.5) is 5.82 Å². The van der Waals surface area contributed by atoms with Crippen LogP contribution in [0.5, 0.6) is 5.75 Å². The lowest BCUT2D eigenvalue weighted by atomic mass is 9.80. The lowest BCUT2D eigenvalue weighted by molar-refractivity contribution is -0.120. The van der Waals surface area contributed by atoms with Crippen LogP contribution in [-0.4, -0.2) is 54.5 Å². The molecule has 3 N–H and O–H groups in total. The summed E-state index contributed by atoms with van der Waals surface area (Å²) in [7, 11) is 0. The van der Waals surface area contributed by atoms with E-state index in [0.717, 1.165) is 38.5 Å². The minimum Gasteiger partial charge on any atom is -0.488 e. The van der Waals surface area contributed by atoms with Gasteiger partial charge in [-0.05, 0) is 37.0 Å². The van der Waals surface area contributed by atoms with E-state index in [-0.39, 0.29) is 30.7 Å². The van der Waals surface area contributed by atoms with Gasteiger partial charge in [-0.25, -0.2) is 4.68 Å². The molecule has 0 saturated heterocycles. The molecule has 198 valence electrons. The number of carbonyl (C=O) groups is 1. The molecule has 2 aliphatic carbocycles. The molecular weight excluding hydrogens is 462 g/mol. The van der Waals surface area contributed by atoms with Crippen LogP contribution in [0.2, 0.25) is 0 Å². The third kappa shape index (κ3) is 6.53. The van der Waals surface area contributed by atoms with Crippen LogP contribution in [0, 0.1) is 17.8 Å². The Morgan fingerprint density at radius 3 is 2.58 bits per heavy atom. The zero-order valence-corrected chi connectivity index (χ0v) is 21.3. The van der Waals surface area contributed by atoms with Gasteiger partial charge in [-0.15, -0.1) is 0 Å². The normalized spacial score (nSPS) is 24.4. The van der Waals surface area contributed by atoms with Gasteiger partial charge in [-0.3, -0.25) is 14.3 Å². The number of aliphatic hydroxyl groups excluding tert-OH is 2. The van der Waals surface area contributed by atoms with Crippen LogP contribution in [-0.2, 0) is 11.3 Å². The van der Waals surface area contributed by atoms with Gasteiger partial charge >= 0.3 is 0 Å². The third-order valence-electron chi connectivity index (χ3n) is 7.64. The first-order valence-corrected chi connectivity index (χ1v) is 13.2. The van der Waals surface area contributed by atoms with Crippen LogP contribution >= 0.6 is 0 Å². The average Bonchev–Trinajstić information content (AvgIpc) is 3.52. The van der Waals surface area contributed by atoms with Crippen molar-refractivity contribution in [2.45, 2.75) is 90.0 Å². The van der Waals surface area contributed by atoms with E-state index >= 15 is 0 Å². The summed E-state index contributed by atoms with van der Waals surface area (Å²) in [4.78, 5) is 26.5. The van der Waals surface area contributed by atoms with Gasteiger partial charge < -0.3 is 20.3 Å². The minimum atomic E-state index is -0.938. The molecule has 2 aliphatic rings. The first-order valence-electron chi connectivity index (χ1n) is 13.2. The second-order valence-corrected chi connectivity index (χ2v) is 10.6. The summed E-state index contributed by atoms with van der Waals surface area (Å²) in [5.74, 6) is 1.59. The molecular formula is C26H39N5O5. The number of rotatable bonds is 10. The monoisotopic (exact) mass is 501 g/mol. The van der Waals surface area contributed by atoms with Crippen LogP contribution in [0.15, 0.2) is 29.3 Å². The number of amides is 1. The summed E-state index contributed by atoms with van der Waals surface area (Å²) in [6.45, 7) is 4.10. The molecule has 36 heavy (non-hydrogen) atoms. The van der Waals surface area contributed by atoms with Crippen LogP contribution in [0.25, 0.3) is 0 Å². The van der Waals surface area contributed by atoms with E-state index < -0.39 is 12.1 Å². The molecule has 4 atom stereocenters. The fraction of sp³-hybridized carbons (Fsp3) is 0.692. The Balaban J connectivity index is 1.51. The summed E-state index contributed by atoms with van der Waals surface area (Å²) in [6, 6.07) is 2.30. The molecule has 0 radical (unpaired) electrons. The summed E-state index contributed by atoms with van der Waals surface area (Å²) >= 11 is 0. The standard InChI is InChI=1S/C26H39N5O5/c1-17-6-5-7-18(2)25(17)36-21-13-24(34)31(27-14-21)22(12-19-8-3-4-9-19)26(35)28-23-10-11-30(29-23)15-20(33)16-32/h10-11,13-14,17-20,22,25,32-33H,3-9,12,15-16H2,1-2H3,(H,28,29,35). The van der Waals surface area contributed by atoms with E-state index in [1.165, 1.54) is 21.9 Å².